The van der Waals surface area contributed by atoms with Gasteiger partial charge in [0.1, 0.15) is 5.82 Å². The molecular formula is C19H17FN4O4S. The summed E-state index contributed by atoms with van der Waals surface area (Å²) >= 11 is 0. The number of benzene rings is 2. The van der Waals surface area contributed by atoms with E-state index < -0.39 is 21.6 Å². The largest absolute Gasteiger partial charge is 0.395 e. The third kappa shape index (κ3) is 4.62. The van der Waals surface area contributed by atoms with Crippen LogP contribution in [0.25, 0.3) is 11.3 Å². The van der Waals surface area contributed by atoms with E-state index in [0.717, 1.165) is 12.1 Å². The number of nitrogens with zero attached hydrogens (tertiary/aromatic N) is 2. The van der Waals surface area contributed by atoms with Gasteiger partial charge in [0, 0.05) is 17.7 Å². The first-order valence-corrected chi connectivity index (χ1v) is 9.94. The molecule has 0 unspecified atom stereocenters. The van der Waals surface area contributed by atoms with Crippen molar-refractivity contribution in [3.63, 3.8) is 0 Å². The van der Waals surface area contributed by atoms with Crippen LogP contribution in [0.2, 0.25) is 0 Å². The van der Waals surface area contributed by atoms with Crippen LogP contribution in [0.15, 0.2) is 59.6 Å². The molecule has 150 valence electrons. The number of nitrogens with one attached hydrogen (secondary N) is 1. The predicted molar refractivity (Wildman–Crippen MR) is 104 cm³/mol. The van der Waals surface area contributed by atoms with Crippen LogP contribution < -0.4 is 10.5 Å². The molecule has 8 nitrogen and oxygen atoms in total. The lowest BCUT2D eigenvalue weighted by atomic mass is 10.1. The van der Waals surface area contributed by atoms with Gasteiger partial charge in [-0.25, -0.2) is 27.5 Å². The molecule has 0 aliphatic heterocycles. The van der Waals surface area contributed by atoms with Crippen molar-refractivity contribution in [1.82, 2.24) is 14.7 Å². The highest BCUT2D eigenvalue weighted by Crippen LogP contribution is 2.23. The van der Waals surface area contributed by atoms with Gasteiger partial charge in [0.15, 0.2) is 11.5 Å². The van der Waals surface area contributed by atoms with Gasteiger partial charge in [-0.2, -0.15) is 0 Å². The van der Waals surface area contributed by atoms with Crippen LogP contribution in [0.1, 0.15) is 16.1 Å². The second-order valence-corrected chi connectivity index (χ2v) is 7.74. The van der Waals surface area contributed by atoms with Crippen molar-refractivity contribution >= 4 is 21.6 Å². The number of sulfonamides is 1. The number of carbonyl (C=O) groups excluding carboxylic acids is 1. The third-order valence-electron chi connectivity index (χ3n) is 3.97. The number of aliphatic hydroxyl groups is 1. The third-order valence-corrected chi connectivity index (χ3v) is 5.42. The van der Waals surface area contributed by atoms with Crippen molar-refractivity contribution in [2.24, 2.45) is 0 Å². The van der Waals surface area contributed by atoms with Crippen LogP contribution in [-0.4, -0.2) is 42.4 Å². The predicted octanol–water partition coefficient (Wildman–Crippen LogP) is 1.37. The summed E-state index contributed by atoms with van der Waals surface area (Å²) in [6.45, 7) is -0.457. The highest BCUT2D eigenvalue weighted by molar-refractivity contribution is 7.89. The van der Waals surface area contributed by atoms with E-state index in [1.165, 1.54) is 36.5 Å². The maximum Gasteiger partial charge on any atom is 0.240 e. The van der Waals surface area contributed by atoms with Crippen molar-refractivity contribution in [2.45, 2.75) is 4.90 Å². The van der Waals surface area contributed by atoms with Gasteiger partial charge in [0.25, 0.3) is 0 Å². The molecule has 1 aromatic heterocycles. The Labute approximate surface area is 166 Å². The van der Waals surface area contributed by atoms with Crippen LogP contribution in [0.3, 0.4) is 0 Å². The zero-order valence-corrected chi connectivity index (χ0v) is 15.9. The Morgan fingerprint density at radius 2 is 1.90 bits per heavy atom. The Balaban J connectivity index is 1.99. The smallest absolute Gasteiger partial charge is 0.240 e. The number of aliphatic hydroxyl groups excluding tert-OH is 1. The van der Waals surface area contributed by atoms with E-state index in [1.54, 1.807) is 6.07 Å². The first-order chi connectivity index (χ1) is 13.8. The highest BCUT2D eigenvalue weighted by atomic mass is 32.2. The second-order valence-electron chi connectivity index (χ2n) is 5.97. The maximum absolute atomic E-state index is 13.1. The summed E-state index contributed by atoms with van der Waals surface area (Å²) in [6, 6.07) is 10.8. The van der Waals surface area contributed by atoms with Crippen LogP contribution in [0, 0.1) is 5.82 Å². The number of halogens is 1. The van der Waals surface area contributed by atoms with Crippen molar-refractivity contribution in [3.8, 4) is 11.3 Å². The quantitative estimate of drug-likeness (QED) is 0.495. The molecule has 3 aromatic rings. The second kappa shape index (κ2) is 8.43. The van der Waals surface area contributed by atoms with Gasteiger partial charge in [-0.1, -0.05) is 12.1 Å². The molecule has 10 heteroatoms. The molecule has 1 heterocycles. The molecule has 0 atom stereocenters. The topological polar surface area (TPSA) is 135 Å². The summed E-state index contributed by atoms with van der Waals surface area (Å²) in [4.78, 5) is 20.9. The standard InChI is InChI=1S/C19H17FN4O4S/c20-14-6-4-12(5-7-14)18(26)17-19(21)22-11-16(24-17)13-2-1-3-15(10-13)29(27,28)23-8-9-25/h1-7,10-11,23,25H,8-9H2,(H2,21,22). The summed E-state index contributed by atoms with van der Waals surface area (Å²) < 4.78 is 39.9. The van der Waals surface area contributed by atoms with E-state index in [9.17, 15) is 17.6 Å². The van der Waals surface area contributed by atoms with Crippen LogP contribution in [-0.2, 0) is 10.0 Å². The molecule has 0 amide bonds. The molecule has 0 saturated heterocycles. The zero-order chi connectivity index (χ0) is 21.0. The lowest BCUT2D eigenvalue weighted by molar-refractivity contribution is 0.103. The number of aromatic nitrogens is 2. The molecule has 0 bridgehead atoms. The van der Waals surface area contributed by atoms with Gasteiger partial charge < -0.3 is 10.8 Å². The fourth-order valence-corrected chi connectivity index (χ4v) is 3.60. The first-order valence-electron chi connectivity index (χ1n) is 8.45. The number of nitrogen functional groups attached to an aromatic ring is 1. The molecule has 3 rings (SSSR count). The molecule has 4 N–H and O–H groups in total. The van der Waals surface area contributed by atoms with Gasteiger partial charge in [-0.15, -0.1) is 0 Å². The van der Waals surface area contributed by atoms with E-state index >= 15 is 0 Å². The Bertz CT molecular complexity index is 1150. The number of anilines is 1. The molecule has 2 aromatic carbocycles. The molecule has 29 heavy (non-hydrogen) atoms. The van der Waals surface area contributed by atoms with E-state index in [2.05, 4.69) is 14.7 Å². The Kier molecular flexibility index (Phi) is 5.97. The van der Waals surface area contributed by atoms with Crippen molar-refractivity contribution < 1.29 is 22.7 Å². The van der Waals surface area contributed by atoms with Crippen molar-refractivity contribution in [2.75, 3.05) is 18.9 Å². The number of rotatable bonds is 7. The maximum atomic E-state index is 13.1. The van der Waals surface area contributed by atoms with Gasteiger partial charge in [0.2, 0.25) is 15.8 Å². The van der Waals surface area contributed by atoms with Gasteiger partial charge in [0.05, 0.1) is 23.4 Å². The summed E-state index contributed by atoms with van der Waals surface area (Å²) in [5.74, 6) is -1.12. The van der Waals surface area contributed by atoms with Gasteiger partial charge >= 0.3 is 0 Å². The molecule has 0 radical (unpaired) electrons. The Hall–Kier alpha value is -3.21. The first kappa shape index (κ1) is 20.5. The minimum atomic E-state index is -3.82. The summed E-state index contributed by atoms with van der Waals surface area (Å²) in [7, 11) is -3.82. The lowest BCUT2D eigenvalue weighted by Crippen LogP contribution is -2.26. The van der Waals surface area contributed by atoms with E-state index in [-0.39, 0.29) is 40.8 Å². The lowest BCUT2D eigenvalue weighted by Gasteiger charge is -2.09. The number of hydrogen-bond acceptors (Lipinski definition) is 7. The summed E-state index contributed by atoms with van der Waals surface area (Å²) in [5.41, 5.74) is 6.50. The van der Waals surface area contributed by atoms with Crippen LogP contribution in [0.4, 0.5) is 10.2 Å². The van der Waals surface area contributed by atoms with Crippen molar-refractivity contribution in [1.29, 1.82) is 0 Å². The fraction of sp³-hybridized carbons (Fsp3) is 0.105. The van der Waals surface area contributed by atoms with Crippen LogP contribution in [0.5, 0.6) is 0 Å². The number of carbonyl (C=O) groups is 1. The monoisotopic (exact) mass is 416 g/mol. The molecule has 0 fully saturated rings. The van der Waals surface area contributed by atoms with E-state index in [1.807, 2.05) is 0 Å². The van der Waals surface area contributed by atoms with Gasteiger partial charge in [-0.05, 0) is 36.4 Å². The SMILES string of the molecule is Nc1ncc(-c2cccc(S(=O)(=O)NCCO)c2)nc1C(=O)c1ccc(F)cc1. The molecular weight excluding hydrogens is 399 g/mol. The average molecular weight is 416 g/mol. The van der Waals surface area contributed by atoms with Gasteiger partial charge in [-0.3, -0.25) is 4.79 Å². The van der Waals surface area contributed by atoms with Crippen molar-refractivity contribution in [3.05, 3.63) is 71.8 Å². The molecule has 0 spiro atoms. The molecule has 0 aliphatic rings. The minimum Gasteiger partial charge on any atom is -0.395 e. The number of hydrogen-bond donors (Lipinski definition) is 3. The Morgan fingerprint density at radius 1 is 1.17 bits per heavy atom. The van der Waals surface area contributed by atoms with Crippen LogP contribution >= 0.6 is 0 Å². The molecule has 0 saturated carbocycles. The molecule has 0 aliphatic carbocycles. The summed E-state index contributed by atoms with van der Waals surface area (Å²) in [6.07, 6.45) is 1.32. The summed E-state index contributed by atoms with van der Waals surface area (Å²) in [5, 5.41) is 8.82. The number of ketones is 1. The zero-order valence-electron chi connectivity index (χ0n) is 15.0. The minimum absolute atomic E-state index is 0.0338. The average Bonchev–Trinajstić information content (AvgIpc) is 2.73. The highest BCUT2D eigenvalue weighted by Gasteiger charge is 2.18. The number of nitrogens with two attached hydrogens (primary N) is 1. The van der Waals surface area contributed by atoms with E-state index in [0.29, 0.717) is 5.56 Å². The normalized spacial score (nSPS) is 11.4. The van der Waals surface area contributed by atoms with E-state index in [4.69, 9.17) is 10.8 Å². The Morgan fingerprint density at radius 3 is 2.59 bits per heavy atom. The fourth-order valence-electron chi connectivity index (χ4n) is 2.53.